The van der Waals surface area contributed by atoms with Crippen LogP contribution in [0.4, 0.5) is 0 Å². The molecule has 74 valence electrons. The number of epoxide rings is 1. The van der Waals surface area contributed by atoms with Crippen LogP contribution in [0.15, 0.2) is 30.3 Å². The predicted molar refractivity (Wildman–Crippen MR) is 51.0 cm³/mol. The Morgan fingerprint density at radius 2 is 2.14 bits per heavy atom. The lowest BCUT2D eigenvalue weighted by Crippen LogP contribution is -2.16. The van der Waals surface area contributed by atoms with E-state index < -0.39 is 0 Å². The van der Waals surface area contributed by atoms with E-state index in [1.165, 1.54) is 0 Å². The van der Waals surface area contributed by atoms with E-state index in [1.54, 1.807) is 12.1 Å². The first kappa shape index (κ1) is 9.21. The second-order valence-electron chi connectivity index (χ2n) is 3.24. The molecule has 3 nitrogen and oxygen atoms in total. The fourth-order valence-corrected chi connectivity index (χ4v) is 1.32. The number of para-hydroxylation sites is 1. The van der Waals surface area contributed by atoms with Crippen molar-refractivity contribution in [1.29, 1.82) is 0 Å². The molecule has 1 aromatic rings. The van der Waals surface area contributed by atoms with Crippen molar-refractivity contribution < 1.29 is 14.3 Å². The van der Waals surface area contributed by atoms with Crippen molar-refractivity contribution in [1.82, 2.24) is 0 Å². The molecular formula is C11H12O3. The van der Waals surface area contributed by atoms with Gasteiger partial charge in [-0.15, -0.1) is 0 Å². The van der Waals surface area contributed by atoms with Crippen molar-refractivity contribution in [3.8, 4) is 5.75 Å². The maximum atomic E-state index is 11.4. The maximum absolute atomic E-state index is 11.4. The lowest BCUT2D eigenvalue weighted by molar-refractivity contribution is -0.135. The van der Waals surface area contributed by atoms with Crippen molar-refractivity contribution >= 4 is 5.97 Å². The van der Waals surface area contributed by atoms with Gasteiger partial charge in [0, 0.05) is 0 Å². The third-order valence-corrected chi connectivity index (χ3v) is 2.18. The lowest BCUT2D eigenvalue weighted by atomic mass is 10.2. The van der Waals surface area contributed by atoms with Crippen LogP contribution in [0, 0.1) is 0 Å². The Balaban J connectivity index is 1.90. The van der Waals surface area contributed by atoms with E-state index in [2.05, 4.69) is 0 Å². The minimum atomic E-state index is -0.347. The molecule has 0 spiro atoms. The van der Waals surface area contributed by atoms with E-state index in [1.807, 2.05) is 25.1 Å². The van der Waals surface area contributed by atoms with Crippen LogP contribution in [0.2, 0.25) is 0 Å². The molecule has 1 heterocycles. The Morgan fingerprint density at radius 1 is 1.43 bits per heavy atom. The number of esters is 1. The molecule has 1 saturated heterocycles. The van der Waals surface area contributed by atoms with Crippen LogP contribution in [0.3, 0.4) is 0 Å². The number of rotatable bonds is 3. The smallest absolute Gasteiger partial charge is 0.343 e. The third-order valence-electron chi connectivity index (χ3n) is 2.18. The Morgan fingerprint density at radius 3 is 2.71 bits per heavy atom. The third kappa shape index (κ3) is 1.93. The second kappa shape index (κ2) is 3.80. The minimum absolute atomic E-state index is 0.0613. The highest BCUT2D eigenvalue weighted by Crippen LogP contribution is 2.26. The van der Waals surface area contributed by atoms with E-state index in [4.69, 9.17) is 9.47 Å². The molecule has 2 unspecified atom stereocenters. The van der Waals surface area contributed by atoms with Gasteiger partial charge in [-0.25, -0.2) is 4.79 Å². The van der Waals surface area contributed by atoms with Crippen LogP contribution >= 0.6 is 0 Å². The van der Waals surface area contributed by atoms with Crippen LogP contribution in [0.1, 0.15) is 13.3 Å². The van der Waals surface area contributed by atoms with Gasteiger partial charge in [0.1, 0.15) is 5.75 Å². The van der Waals surface area contributed by atoms with Gasteiger partial charge in [0.05, 0.1) is 6.10 Å². The van der Waals surface area contributed by atoms with Gasteiger partial charge in [-0.2, -0.15) is 0 Å². The summed E-state index contributed by atoms with van der Waals surface area (Å²) in [5.74, 6) is 0.283. The molecule has 0 aliphatic carbocycles. The minimum Gasteiger partial charge on any atom is -0.425 e. The first-order chi connectivity index (χ1) is 6.81. The number of ether oxygens (including phenoxy) is 2. The van der Waals surface area contributed by atoms with Gasteiger partial charge in [-0.3, -0.25) is 0 Å². The molecule has 1 aromatic carbocycles. The number of carbonyl (C=O) groups is 1. The number of hydrogen-bond donors (Lipinski definition) is 0. The molecular weight excluding hydrogens is 180 g/mol. The van der Waals surface area contributed by atoms with Gasteiger partial charge < -0.3 is 9.47 Å². The Hall–Kier alpha value is -1.35. The van der Waals surface area contributed by atoms with Gasteiger partial charge in [-0.1, -0.05) is 25.1 Å². The summed E-state index contributed by atoms with van der Waals surface area (Å²) in [4.78, 5) is 11.4. The molecule has 2 rings (SSSR count). The summed E-state index contributed by atoms with van der Waals surface area (Å²) in [6, 6.07) is 9.03. The lowest BCUT2D eigenvalue weighted by Gasteiger charge is -2.00. The normalized spacial score (nSPS) is 24.4. The predicted octanol–water partition coefficient (Wildman–Crippen LogP) is 1.77. The average molecular weight is 192 g/mol. The fourth-order valence-electron chi connectivity index (χ4n) is 1.32. The van der Waals surface area contributed by atoms with E-state index in [9.17, 15) is 4.79 Å². The molecule has 14 heavy (non-hydrogen) atoms. The van der Waals surface area contributed by atoms with Crippen molar-refractivity contribution in [2.24, 2.45) is 0 Å². The van der Waals surface area contributed by atoms with Gasteiger partial charge >= 0.3 is 5.97 Å². The molecule has 0 radical (unpaired) electrons. The zero-order valence-corrected chi connectivity index (χ0v) is 7.97. The molecule has 2 atom stereocenters. The first-order valence-corrected chi connectivity index (χ1v) is 4.73. The quantitative estimate of drug-likeness (QED) is 0.416. The average Bonchev–Trinajstić information content (AvgIpc) is 2.98. The van der Waals surface area contributed by atoms with Gasteiger partial charge in [0.15, 0.2) is 6.10 Å². The summed E-state index contributed by atoms with van der Waals surface area (Å²) in [6.45, 7) is 1.99. The summed E-state index contributed by atoms with van der Waals surface area (Å²) >= 11 is 0. The molecule has 1 aliphatic rings. The molecule has 0 bridgehead atoms. The van der Waals surface area contributed by atoms with Gasteiger partial charge in [0.25, 0.3) is 0 Å². The molecule has 1 fully saturated rings. The molecule has 1 aliphatic heterocycles. The van der Waals surface area contributed by atoms with E-state index in [0.717, 1.165) is 6.42 Å². The summed E-state index contributed by atoms with van der Waals surface area (Å²) in [5.41, 5.74) is 0. The van der Waals surface area contributed by atoms with Crippen molar-refractivity contribution in [2.45, 2.75) is 25.6 Å². The van der Waals surface area contributed by atoms with Crippen LogP contribution in [-0.4, -0.2) is 18.2 Å². The van der Waals surface area contributed by atoms with Gasteiger partial charge in [-0.05, 0) is 18.6 Å². The van der Waals surface area contributed by atoms with E-state index in [-0.39, 0.29) is 18.2 Å². The SMILES string of the molecule is CCC1OC1C(=O)Oc1ccccc1. The molecule has 0 aromatic heterocycles. The maximum Gasteiger partial charge on any atom is 0.343 e. The topological polar surface area (TPSA) is 38.8 Å². The highest BCUT2D eigenvalue weighted by Gasteiger charge is 2.45. The zero-order valence-electron chi connectivity index (χ0n) is 7.97. The number of hydrogen-bond acceptors (Lipinski definition) is 3. The highest BCUT2D eigenvalue weighted by molar-refractivity contribution is 5.80. The van der Waals surface area contributed by atoms with Crippen molar-refractivity contribution in [3.63, 3.8) is 0 Å². The van der Waals surface area contributed by atoms with E-state index >= 15 is 0 Å². The first-order valence-electron chi connectivity index (χ1n) is 4.73. The van der Waals surface area contributed by atoms with Crippen LogP contribution in [-0.2, 0) is 9.53 Å². The second-order valence-corrected chi connectivity index (χ2v) is 3.24. The van der Waals surface area contributed by atoms with Crippen LogP contribution in [0.25, 0.3) is 0 Å². The summed E-state index contributed by atoms with van der Waals surface area (Å²) in [7, 11) is 0. The van der Waals surface area contributed by atoms with Crippen LogP contribution < -0.4 is 4.74 Å². The number of carbonyl (C=O) groups excluding carboxylic acids is 1. The monoisotopic (exact) mass is 192 g/mol. The summed E-state index contributed by atoms with van der Waals surface area (Å²) in [5, 5.41) is 0. The standard InChI is InChI=1S/C11H12O3/c1-2-9-10(14-9)11(12)13-8-6-4-3-5-7-8/h3-7,9-10H,2H2,1H3. The highest BCUT2D eigenvalue weighted by atomic mass is 16.6. The molecule has 3 heteroatoms. The Kier molecular flexibility index (Phi) is 2.50. The summed E-state index contributed by atoms with van der Waals surface area (Å²) in [6.07, 6.45) is 0.570. The number of benzene rings is 1. The zero-order chi connectivity index (χ0) is 9.97. The molecule has 0 N–H and O–H groups in total. The fraction of sp³-hybridized carbons (Fsp3) is 0.364. The Bertz CT molecular complexity index is 321. The Labute approximate surface area is 82.6 Å². The largest absolute Gasteiger partial charge is 0.425 e. The van der Waals surface area contributed by atoms with E-state index in [0.29, 0.717) is 5.75 Å². The molecule has 0 amide bonds. The van der Waals surface area contributed by atoms with Crippen molar-refractivity contribution in [2.75, 3.05) is 0 Å². The van der Waals surface area contributed by atoms with Crippen LogP contribution in [0.5, 0.6) is 5.75 Å². The van der Waals surface area contributed by atoms with Crippen molar-refractivity contribution in [3.05, 3.63) is 30.3 Å². The summed E-state index contributed by atoms with van der Waals surface area (Å²) < 4.78 is 10.2. The van der Waals surface area contributed by atoms with Gasteiger partial charge in [0.2, 0.25) is 0 Å². The molecule has 0 saturated carbocycles.